The number of carbonyl (C=O) groups excluding carboxylic acids is 1. The largest absolute Gasteiger partial charge is 0.340 e. The second-order valence-corrected chi connectivity index (χ2v) is 11.4. The Hall–Kier alpha value is -2.87. The molecule has 190 valence electrons. The Bertz CT molecular complexity index is 1210. The first-order valence-corrected chi connectivity index (χ1v) is 14.4. The smallest absolute Gasteiger partial charge is 0.232 e. The van der Waals surface area contributed by atoms with Crippen molar-refractivity contribution in [2.75, 3.05) is 43.3 Å². The molecule has 0 radical (unpaired) electrons. The molecule has 36 heavy (non-hydrogen) atoms. The molecular weight excluding hydrogens is 494 g/mol. The van der Waals surface area contributed by atoms with Crippen LogP contribution >= 0.6 is 11.6 Å². The Balaban J connectivity index is 1.35. The average Bonchev–Trinajstić information content (AvgIpc) is 2.87. The summed E-state index contributed by atoms with van der Waals surface area (Å²) in [6.45, 7) is 3.09. The number of benzene rings is 3. The van der Waals surface area contributed by atoms with Crippen molar-refractivity contribution in [1.82, 2.24) is 9.80 Å². The molecule has 0 bridgehead atoms. The molecule has 1 saturated heterocycles. The molecule has 0 aromatic heterocycles. The second-order valence-electron chi connectivity index (χ2n) is 9.06. The third-order valence-electron chi connectivity index (χ3n) is 6.51. The molecule has 0 unspecified atom stereocenters. The maximum atomic E-state index is 13.0. The summed E-state index contributed by atoms with van der Waals surface area (Å²) >= 11 is 6.05. The topological polar surface area (TPSA) is 60.9 Å². The fourth-order valence-corrected chi connectivity index (χ4v) is 5.91. The van der Waals surface area contributed by atoms with E-state index < -0.39 is 10.0 Å². The van der Waals surface area contributed by atoms with Crippen LogP contribution in [0.3, 0.4) is 0 Å². The maximum absolute atomic E-state index is 13.0. The maximum Gasteiger partial charge on any atom is 0.232 e. The first-order chi connectivity index (χ1) is 17.3. The lowest BCUT2D eigenvalue weighted by atomic mass is 9.96. The lowest BCUT2D eigenvalue weighted by Gasteiger charge is -2.40. The second kappa shape index (κ2) is 11.9. The molecule has 1 fully saturated rings. The van der Waals surface area contributed by atoms with Gasteiger partial charge >= 0.3 is 0 Å². The Kier molecular flexibility index (Phi) is 8.67. The van der Waals surface area contributed by atoms with Crippen molar-refractivity contribution in [2.45, 2.75) is 18.9 Å². The lowest BCUT2D eigenvalue weighted by molar-refractivity contribution is -0.133. The van der Waals surface area contributed by atoms with E-state index in [0.29, 0.717) is 36.6 Å². The number of anilines is 1. The van der Waals surface area contributed by atoms with Crippen LogP contribution in [0.2, 0.25) is 5.02 Å². The Morgan fingerprint density at radius 3 is 2.00 bits per heavy atom. The molecule has 6 nitrogen and oxygen atoms in total. The van der Waals surface area contributed by atoms with Crippen molar-refractivity contribution in [3.63, 3.8) is 0 Å². The van der Waals surface area contributed by atoms with Crippen LogP contribution in [0.25, 0.3) is 0 Å². The van der Waals surface area contributed by atoms with Crippen molar-refractivity contribution in [1.29, 1.82) is 0 Å². The summed E-state index contributed by atoms with van der Waals surface area (Å²) in [6, 6.07) is 27.8. The zero-order valence-electron chi connectivity index (χ0n) is 20.5. The SMILES string of the molecule is CS(=O)(=O)N(CCCC(=O)N1CCN(C(c2ccccc2)c2ccccc2)CC1)c1cccc(Cl)c1. The molecule has 3 aromatic carbocycles. The zero-order chi connectivity index (χ0) is 25.5. The van der Waals surface area contributed by atoms with Crippen molar-refractivity contribution in [3.05, 3.63) is 101 Å². The third-order valence-corrected chi connectivity index (χ3v) is 7.94. The van der Waals surface area contributed by atoms with Gasteiger partial charge < -0.3 is 4.90 Å². The number of hydrogen-bond acceptors (Lipinski definition) is 4. The molecule has 1 aliphatic rings. The van der Waals surface area contributed by atoms with Crippen LogP contribution in [-0.2, 0) is 14.8 Å². The molecule has 0 spiro atoms. The molecule has 8 heteroatoms. The summed E-state index contributed by atoms with van der Waals surface area (Å²) in [6.07, 6.45) is 1.91. The zero-order valence-corrected chi connectivity index (χ0v) is 22.0. The summed E-state index contributed by atoms with van der Waals surface area (Å²) in [4.78, 5) is 17.3. The quantitative estimate of drug-likeness (QED) is 0.402. The number of nitrogens with zero attached hydrogens (tertiary/aromatic N) is 3. The van der Waals surface area contributed by atoms with E-state index >= 15 is 0 Å². The van der Waals surface area contributed by atoms with Gasteiger partial charge in [-0.05, 0) is 35.7 Å². The summed E-state index contributed by atoms with van der Waals surface area (Å²) in [5.41, 5.74) is 3.00. The average molecular weight is 526 g/mol. The Morgan fingerprint density at radius 2 is 1.47 bits per heavy atom. The van der Waals surface area contributed by atoms with Gasteiger partial charge in [-0.25, -0.2) is 8.42 Å². The summed E-state index contributed by atoms with van der Waals surface area (Å²) in [5.74, 6) is 0.0603. The Morgan fingerprint density at radius 1 is 0.889 bits per heavy atom. The van der Waals surface area contributed by atoms with Gasteiger partial charge in [0.2, 0.25) is 15.9 Å². The van der Waals surface area contributed by atoms with Crippen molar-refractivity contribution in [2.24, 2.45) is 0 Å². The Labute approximate surface area is 219 Å². The highest BCUT2D eigenvalue weighted by Crippen LogP contribution is 2.29. The van der Waals surface area contributed by atoms with Crippen LogP contribution in [0, 0.1) is 0 Å². The van der Waals surface area contributed by atoms with Gasteiger partial charge in [-0.2, -0.15) is 0 Å². The highest BCUT2D eigenvalue weighted by atomic mass is 35.5. The van der Waals surface area contributed by atoms with E-state index in [9.17, 15) is 13.2 Å². The van der Waals surface area contributed by atoms with E-state index in [1.54, 1.807) is 24.3 Å². The van der Waals surface area contributed by atoms with E-state index in [2.05, 4.69) is 53.4 Å². The summed E-state index contributed by atoms with van der Waals surface area (Å²) in [5, 5.41) is 0.472. The van der Waals surface area contributed by atoms with E-state index in [0.717, 1.165) is 13.1 Å². The molecule has 1 amide bonds. The van der Waals surface area contributed by atoms with Crippen LogP contribution < -0.4 is 4.31 Å². The van der Waals surface area contributed by atoms with Gasteiger partial charge in [-0.3, -0.25) is 14.0 Å². The number of amides is 1. The monoisotopic (exact) mass is 525 g/mol. The van der Waals surface area contributed by atoms with Crippen LogP contribution in [-0.4, -0.2) is 63.1 Å². The number of halogens is 1. The normalized spacial score (nSPS) is 14.7. The molecule has 1 aliphatic heterocycles. The van der Waals surface area contributed by atoms with Gasteiger partial charge in [0.1, 0.15) is 0 Å². The minimum atomic E-state index is -3.48. The van der Waals surface area contributed by atoms with Crippen LogP contribution in [0.1, 0.15) is 30.0 Å². The van der Waals surface area contributed by atoms with Crippen molar-refractivity contribution in [3.8, 4) is 0 Å². The number of hydrogen-bond donors (Lipinski definition) is 0. The minimum Gasteiger partial charge on any atom is -0.340 e. The minimum absolute atomic E-state index is 0.0603. The van der Waals surface area contributed by atoms with E-state index in [1.165, 1.54) is 21.7 Å². The number of piperazine rings is 1. The first kappa shape index (κ1) is 26.2. The molecule has 0 atom stereocenters. The molecule has 0 saturated carbocycles. The molecule has 1 heterocycles. The van der Waals surface area contributed by atoms with Crippen molar-refractivity contribution >= 4 is 33.2 Å². The molecule has 0 N–H and O–H groups in total. The first-order valence-electron chi connectivity index (χ1n) is 12.2. The number of sulfonamides is 1. The van der Waals surface area contributed by atoms with Gasteiger partial charge in [0.15, 0.2) is 0 Å². The lowest BCUT2D eigenvalue weighted by Crippen LogP contribution is -2.50. The predicted octanol–water partition coefficient (Wildman–Crippen LogP) is 4.82. The highest BCUT2D eigenvalue weighted by Gasteiger charge is 2.28. The van der Waals surface area contributed by atoms with Gasteiger partial charge in [0.05, 0.1) is 18.0 Å². The predicted molar refractivity (Wildman–Crippen MR) is 146 cm³/mol. The van der Waals surface area contributed by atoms with Crippen molar-refractivity contribution < 1.29 is 13.2 Å². The van der Waals surface area contributed by atoms with E-state index in [1.807, 2.05) is 17.0 Å². The fraction of sp³-hybridized carbons (Fsp3) is 0.321. The fourth-order valence-electron chi connectivity index (χ4n) is 4.76. The summed E-state index contributed by atoms with van der Waals surface area (Å²) < 4.78 is 26.0. The molecule has 0 aliphatic carbocycles. The van der Waals surface area contributed by atoms with Crippen LogP contribution in [0.5, 0.6) is 0 Å². The molecule has 4 rings (SSSR count). The summed E-state index contributed by atoms with van der Waals surface area (Å²) in [7, 11) is -3.48. The van der Waals surface area contributed by atoms with Gasteiger partial charge in [-0.1, -0.05) is 78.3 Å². The third kappa shape index (κ3) is 6.66. The molecule has 3 aromatic rings. The van der Waals surface area contributed by atoms with E-state index in [4.69, 9.17) is 11.6 Å². The van der Waals surface area contributed by atoms with E-state index in [-0.39, 0.29) is 18.5 Å². The molecular formula is C28H32ClN3O3S. The van der Waals surface area contributed by atoms with Crippen LogP contribution in [0.4, 0.5) is 5.69 Å². The van der Waals surface area contributed by atoms with Gasteiger partial charge in [-0.15, -0.1) is 0 Å². The highest BCUT2D eigenvalue weighted by molar-refractivity contribution is 7.92. The number of carbonyl (C=O) groups is 1. The standard InChI is InChI=1S/C28H32ClN3O3S/c1-36(34,35)32(26-15-8-14-25(29)22-26)17-9-16-27(33)30-18-20-31(21-19-30)28(23-10-4-2-5-11-23)24-12-6-3-7-13-24/h2-8,10-15,22,28H,9,16-21H2,1H3. The van der Waals surface area contributed by atoms with Gasteiger partial charge in [0.25, 0.3) is 0 Å². The van der Waals surface area contributed by atoms with Crippen LogP contribution in [0.15, 0.2) is 84.9 Å². The number of rotatable bonds is 9. The van der Waals surface area contributed by atoms with Gasteiger partial charge in [0, 0.05) is 44.2 Å².